The molecule has 1 aromatic carbocycles. The number of nitriles is 1. The third-order valence-corrected chi connectivity index (χ3v) is 6.43. The summed E-state index contributed by atoms with van der Waals surface area (Å²) in [6.07, 6.45) is 0. The van der Waals surface area contributed by atoms with Gasteiger partial charge >= 0.3 is 0 Å². The lowest BCUT2D eigenvalue weighted by Gasteiger charge is -2.25. The Kier molecular flexibility index (Phi) is 6.54. The molecule has 0 N–H and O–H groups in total. The Morgan fingerprint density at radius 1 is 1.18 bits per heavy atom. The van der Waals surface area contributed by atoms with Gasteiger partial charge in [0, 0.05) is 26.7 Å². The zero-order valence-corrected chi connectivity index (χ0v) is 20.1. The minimum absolute atomic E-state index is 0.0532. The molecule has 0 atom stereocenters. The van der Waals surface area contributed by atoms with Gasteiger partial charge in [-0.1, -0.05) is 18.2 Å². The summed E-state index contributed by atoms with van der Waals surface area (Å²) in [7, 11) is 5.85. The molecule has 0 saturated heterocycles. The largest absolute Gasteiger partial charge is 0.333 e. The van der Waals surface area contributed by atoms with Crippen molar-refractivity contribution in [2.75, 3.05) is 27.2 Å². The summed E-state index contributed by atoms with van der Waals surface area (Å²) in [5.41, 5.74) is 4.45. The maximum Gasteiger partial charge on any atom is 0.255 e. The van der Waals surface area contributed by atoms with Crippen LogP contribution in [0.25, 0.3) is 21.6 Å². The second kappa shape index (κ2) is 9.53. The van der Waals surface area contributed by atoms with Gasteiger partial charge in [0.1, 0.15) is 0 Å². The van der Waals surface area contributed by atoms with Crippen LogP contribution in [0.15, 0.2) is 47.8 Å². The average molecular weight is 459 g/mol. The van der Waals surface area contributed by atoms with E-state index in [4.69, 9.17) is 10.2 Å². The lowest BCUT2D eigenvalue weighted by Crippen LogP contribution is -2.36. The summed E-state index contributed by atoms with van der Waals surface area (Å²) in [5, 5.41) is 16.4. The number of thiophene rings is 1. The van der Waals surface area contributed by atoms with E-state index in [0.717, 1.165) is 33.8 Å². The number of hydrogen-bond donors (Lipinski definition) is 0. The van der Waals surface area contributed by atoms with Gasteiger partial charge in [-0.25, -0.2) is 4.98 Å². The Morgan fingerprint density at radius 2 is 1.94 bits per heavy atom. The number of aryl methyl sites for hydroxylation is 2. The van der Waals surface area contributed by atoms with Crippen LogP contribution in [0, 0.1) is 18.3 Å². The van der Waals surface area contributed by atoms with Gasteiger partial charge in [0.15, 0.2) is 5.65 Å². The van der Waals surface area contributed by atoms with Crippen LogP contribution in [0.5, 0.6) is 0 Å². The van der Waals surface area contributed by atoms with Crippen molar-refractivity contribution in [3.8, 4) is 16.6 Å². The third-order valence-electron chi connectivity index (χ3n) is 5.53. The number of fused-ring (bicyclic) bond motifs is 1. The molecule has 1 amide bonds. The molecular weight excluding hydrogens is 432 g/mol. The van der Waals surface area contributed by atoms with E-state index in [1.807, 2.05) is 68.7 Å². The highest BCUT2D eigenvalue weighted by molar-refractivity contribution is 7.13. The van der Waals surface area contributed by atoms with Crippen LogP contribution in [-0.4, -0.2) is 57.7 Å². The molecule has 33 heavy (non-hydrogen) atoms. The zero-order valence-electron chi connectivity index (χ0n) is 19.2. The van der Waals surface area contributed by atoms with E-state index in [0.29, 0.717) is 29.9 Å². The lowest BCUT2D eigenvalue weighted by molar-refractivity contribution is 0.0734. The smallest absolute Gasteiger partial charge is 0.255 e. The maximum absolute atomic E-state index is 14.0. The highest BCUT2D eigenvalue weighted by Gasteiger charge is 2.24. The molecule has 0 bridgehead atoms. The van der Waals surface area contributed by atoms with Gasteiger partial charge in [0.05, 0.1) is 38.8 Å². The second-order valence-electron chi connectivity index (χ2n) is 8.28. The van der Waals surface area contributed by atoms with Crippen molar-refractivity contribution < 1.29 is 4.79 Å². The fraction of sp³-hybridized carbons (Fsp3) is 0.280. The van der Waals surface area contributed by atoms with Crippen molar-refractivity contribution in [2.45, 2.75) is 13.5 Å². The number of benzene rings is 1. The van der Waals surface area contributed by atoms with E-state index in [-0.39, 0.29) is 5.91 Å². The van der Waals surface area contributed by atoms with Gasteiger partial charge < -0.3 is 9.80 Å². The fourth-order valence-corrected chi connectivity index (χ4v) is 4.50. The van der Waals surface area contributed by atoms with Crippen molar-refractivity contribution in [1.82, 2.24) is 24.6 Å². The standard InChI is InChI=1S/C25H26N6OS/c1-17-23-20(14-21(22-6-5-13-33-22)27-24(23)30(4)28-17)25(32)31(12-11-29(2)3)16-19-9-7-18(15-26)8-10-19/h5-10,13-14H,11-12,16H2,1-4H3. The van der Waals surface area contributed by atoms with Crippen LogP contribution in [-0.2, 0) is 13.6 Å². The van der Waals surface area contributed by atoms with Crippen LogP contribution in [0.2, 0.25) is 0 Å². The second-order valence-corrected chi connectivity index (χ2v) is 9.23. The summed E-state index contributed by atoms with van der Waals surface area (Å²) < 4.78 is 1.74. The highest BCUT2D eigenvalue weighted by atomic mass is 32.1. The van der Waals surface area contributed by atoms with Gasteiger partial charge in [-0.05, 0) is 56.2 Å². The van der Waals surface area contributed by atoms with Crippen LogP contribution in [0.4, 0.5) is 0 Å². The molecule has 3 aromatic heterocycles. The monoisotopic (exact) mass is 458 g/mol. The normalized spacial score (nSPS) is 11.2. The summed E-state index contributed by atoms with van der Waals surface area (Å²) in [6, 6.07) is 15.4. The number of rotatable bonds is 7. The highest BCUT2D eigenvalue weighted by Crippen LogP contribution is 2.30. The molecule has 0 unspecified atom stereocenters. The van der Waals surface area contributed by atoms with Crippen molar-refractivity contribution in [1.29, 1.82) is 5.26 Å². The molecule has 0 radical (unpaired) electrons. The Bertz CT molecular complexity index is 1320. The number of pyridine rings is 1. The first-order valence-electron chi connectivity index (χ1n) is 10.7. The molecule has 7 nitrogen and oxygen atoms in total. The zero-order chi connectivity index (χ0) is 23.5. The van der Waals surface area contributed by atoms with Crippen molar-refractivity contribution >= 4 is 28.3 Å². The molecule has 8 heteroatoms. The topological polar surface area (TPSA) is 78.1 Å². The lowest BCUT2D eigenvalue weighted by atomic mass is 10.1. The molecule has 0 aliphatic rings. The van der Waals surface area contributed by atoms with E-state index in [1.165, 1.54) is 0 Å². The van der Waals surface area contributed by atoms with Crippen molar-refractivity contribution in [2.24, 2.45) is 7.05 Å². The minimum atomic E-state index is -0.0532. The van der Waals surface area contributed by atoms with Gasteiger partial charge in [0.25, 0.3) is 5.91 Å². The molecule has 4 aromatic rings. The molecule has 4 rings (SSSR count). The minimum Gasteiger partial charge on any atom is -0.333 e. The van der Waals surface area contributed by atoms with Crippen LogP contribution >= 0.6 is 11.3 Å². The van der Waals surface area contributed by atoms with Gasteiger partial charge in [0.2, 0.25) is 0 Å². The number of carbonyl (C=O) groups is 1. The molecule has 0 aliphatic heterocycles. The SMILES string of the molecule is Cc1nn(C)c2nc(-c3cccs3)cc(C(=O)N(CCN(C)C)Cc3ccc(C#N)cc3)c12. The van der Waals surface area contributed by atoms with Gasteiger partial charge in [-0.15, -0.1) is 11.3 Å². The van der Waals surface area contributed by atoms with Gasteiger partial charge in [-0.2, -0.15) is 10.4 Å². The summed E-state index contributed by atoms with van der Waals surface area (Å²) >= 11 is 1.60. The predicted molar refractivity (Wildman–Crippen MR) is 131 cm³/mol. The quantitative estimate of drug-likeness (QED) is 0.417. The summed E-state index contributed by atoms with van der Waals surface area (Å²) in [6.45, 7) is 3.68. The first kappa shape index (κ1) is 22.6. The van der Waals surface area contributed by atoms with Crippen molar-refractivity contribution in [3.05, 3.63) is 70.2 Å². The fourth-order valence-electron chi connectivity index (χ4n) is 3.81. The Morgan fingerprint density at radius 3 is 2.58 bits per heavy atom. The van der Waals surface area contributed by atoms with Crippen molar-refractivity contribution in [3.63, 3.8) is 0 Å². The van der Waals surface area contributed by atoms with Crippen LogP contribution in [0.3, 0.4) is 0 Å². The van der Waals surface area contributed by atoms with Crippen LogP contribution < -0.4 is 0 Å². The molecular formula is C25H26N6OS. The maximum atomic E-state index is 14.0. The Labute approximate surface area is 197 Å². The number of carbonyl (C=O) groups excluding carboxylic acids is 1. The molecule has 0 spiro atoms. The van der Waals surface area contributed by atoms with E-state index in [9.17, 15) is 4.79 Å². The number of hydrogen-bond acceptors (Lipinski definition) is 6. The number of amides is 1. The molecule has 3 heterocycles. The summed E-state index contributed by atoms with van der Waals surface area (Å²) in [5.74, 6) is -0.0532. The average Bonchev–Trinajstić information content (AvgIpc) is 3.44. The van der Waals surface area contributed by atoms with E-state index in [1.54, 1.807) is 28.2 Å². The van der Waals surface area contributed by atoms with E-state index in [2.05, 4.69) is 16.1 Å². The molecule has 0 aliphatic carbocycles. The Balaban J connectivity index is 1.78. The number of nitrogens with zero attached hydrogens (tertiary/aromatic N) is 6. The predicted octanol–water partition coefficient (Wildman–Crippen LogP) is 4.08. The molecule has 0 saturated carbocycles. The Hall–Kier alpha value is -3.54. The first-order chi connectivity index (χ1) is 15.9. The molecule has 0 fully saturated rings. The summed E-state index contributed by atoms with van der Waals surface area (Å²) in [4.78, 5) is 23.7. The first-order valence-corrected chi connectivity index (χ1v) is 11.6. The number of likely N-dealkylation sites (N-methyl/N-ethyl adjacent to an activating group) is 1. The molecule has 168 valence electrons. The number of aromatic nitrogens is 3. The van der Waals surface area contributed by atoms with Gasteiger partial charge in [-0.3, -0.25) is 9.48 Å². The third kappa shape index (κ3) is 4.80. The van der Waals surface area contributed by atoms with Crippen LogP contribution in [0.1, 0.15) is 27.2 Å². The van der Waals surface area contributed by atoms with E-state index < -0.39 is 0 Å². The van der Waals surface area contributed by atoms with E-state index >= 15 is 0 Å².